The third-order valence-corrected chi connectivity index (χ3v) is 9.70. The fourth-order valence-corrected chi connectivity index (χ4v) is 6.85. The molecule has 2 nitrogen and oxygen atoms in total. The molecule has 0 radical (unpaired) electrons. The van der Waals surface area contributed by atoms with Crippen LogP contribution in [0.2, 0.25) is 0 Å². The number of aromatic nitrogens is 1. The van der Waals surface area contributed by atoms with E-state index >= 15 is 0 Å². The zero-order valence-electron chi connectivity index (χ0n) is 30.0. The summed E-state index contributed by atoms with van der Waals surface area (Å²) < 4.78 is 0. The van der Waals surface area contributed by atoms with Gasteiger partial charge in [-0.1, -0.05) is 132 Å². The Morgan fingerprint density at radius 2 is 1.36 bits per heavy atom. The highest BCUT2D eigenvalue weighted by Gasteiger charge is 2.24. The lowest BCUT2D eigenvalue weighted by atomic mass is 9.81. The van der Waals surface area contributed by atoms with Crippen molar-refractivity contribution >= 4 is 17.4 Å². The largest absolute Gasteiger partial charge is 0.358 e. The standard InChI is InChI=1S/C45H50N2/c1-28-11-21-36(30(3)23-28)38-25-40(32-13-17-34(18-14-32)44(5,6)7)46-42(38)27-43-39(37-22-12-29(2)24-31(37)4)26-41(47-43)33-15-19-35(20-16-33)45(8,9)10/h11-15,17-27,33,47H,16H2,1-10H3/b42-27-. The normalized spacial score (nSPS) is 17.6. The van der Waals surface area contributed by atoms with E-state index in [4.69, 9.17) is 4.99 Å². The minimum absolute atomic E-state index is 0.106. The van der Waals surface area contributed by atoms with Gasteiger partial charge in [-0.25, -0.2) is 4.99 Å². The highest BCUT2D eigenvalue weighted by molar-refractivity contribution is 6.19. The van der Waals surface area contributed by atoms with Crippen LogP contribution < -0.4 is 0 Å². The van der Waals surface area contributed by atoms with Gasteiger partial charge in [0.2, 0.25) is 0 Å². The van der Waals surface area contributed by atoms with Crippen molar-refractivity contribution in [2.24, 2.45) is 10.4 Å². The molecule has 240 valence electrons. The second-order valence-electron chi connectivity index (χ2n) is 15.7. The molecule has 6 rings (SSSR count). The predicted molar refractivity (Wildman–Crippen MR) is 203 cm³/mol. The molecule has 0 amide bonds. The van der Waals surface area contributed by atoms with Gasteiger partial charge in [-0.2, -0.15) is 0 Å². The van der Waals surface area contributed by atoms with Crippen molar-refractivity contribution in [1.29, 1.82) is 0 Å². The molecule has 1 aromatic heterocycles. The van der Waals surface area contributed by atoms with Gasteiger partial charge in [0.25, 0.3) is 0 Å². The predicted octanol–water partition coefficient (Wildman–Crippen LogP) is 12.2. The van der Waals surface area contributed by atoms with Gasteiger partial charge in [-0.15, -0.1) is 0 Å². The van der Waals surface area contributed by atoms with Crippen LogP contribution in [-0.4, -0.2) is 10.7 Å². The van der Waals surface area contributed by atoms with Crippen molar-refractivity contribution in [2.75, 3.05) is 0 Å². The first-order valence-corrected chi connectivity index (χ1v) is 17.1. The molecule has 1 aliphatic carbocycles. The lowest BCUT2D eigenvalue weighted by molar-refractivity contribution is 0.510. The summed E-state index contributed by atoms with van der Waals surface area (Å²) in [5.74, 6) is 0.302. The van der Waals surface area contributed by atoms with Crippen molar-refractivity contribution in [3.63, 3.8) is 0 Å². The van der Waals surface area contributed by atoms with E-state index in [1.165, 1.54) is 55.8 Å². The molecule has 3 aromatic carbocycles. The van der Waals surface area contributed by atoms with Crippen LogP contribution in [0.1, 0.15) is 104 Å². The number of aryl methyl sites for hydroxylation is 4. The van der Waals surface area contributed by atoms with Crippen molar-refractivity contribution < 1.29 is 0 Å². The van der Waals surface area contributed by atoms with Crippen LogP contribution in [0.5, 0.6) is 0 Å². The maximum absolute atomic E-state index is 5.34. The van der Waals surface area contributed by atoms with Crippen LogP contribution >= 0.6 is 0 Å². The maximum Gasteiger partial charge on any atom is 0.0737 e. The third kappa shape index (κ3) is 6.84. The number of aliphatic imine (C=N–C) groups is 1. The summed E-state index contributed by atoms with van der Waals surface area (Å²) in [6, 6.07) is 24.8. The topological polar surface area (TPSA) is 28.1 Å². The number of hydrogen-bond donors (Lipinski definition) is 1. The first kappa shape index (κ1) is 32.5. The van der Waals surface area contributed by atoms with Crippen LogP contribution in [-0.2, 0) is 5.41 Å². The van der Waals surface area contributed by atoms with Gasteiger partial charge in [0.15, 0.2) is 0 Å². The molecule has 4 aromatic rings. The Kier molecular flexibility index (Phi) is 8.51. The molecule has 0 fully saturated rings. The molecule has 0 spiro atoms. The van der Waals surface area contributed by atoms with Crippen LogP contribution in [0.15, 0.2) is 107 Å². The molecule has 2 heteroatoms. The summed E-state index contributed by atoms with van der Waals surface area (Å²) in [5, 5.41) is 0. The summed E-state index contributed by atoms with van der Waals surface area (Å²) >= 11 is 0. The fraction of sp³-hybridized carbons (Fsp3) is 0.311. The monoisotopic (exact) mass is 618 g/mol. The molecule has 0 bridgehead atoms. The highest BCUT2D eigenvalue weighted by atomic mass is 14.8. The first-order valence-electron chi connectivity index (χ1n) is 17.1. The van der Waals surface area contributed by atoms with Crippen LogP contribution in [0, 0.1) is 33.1 Å². The Morgan fingerprint density at radius 1 is 0.723 bits per heavy atom. The van der Waals surface area contributed by atoms with E-state index in [0.717, 1.165) is 34.7 Å². The lowest BCUT2D eigenvalue weighted by Gasteiger charge is -2.24. The molecule has 0 saturated heterocycles. The second kappa shape index (κ2) is 12.3. The number of benzene rings is 3. The quantitative estimate of drug-likeness (QED) is 0.230. The Hall–Kier alpha value is -4.43. The van der Waals surface area contributed by atoms with E-state index in [1.54, 1.807) is 0 Å². The average Bonchev–Trinajstić information content (AvgIpc) is 3.61. The fourth-order valence-electron chi connectivity index (χ4n) is 6.85. The van der Waals surface area contributed by atoms with E-state index in [1.807, 2.05) is 0 Å². The number of nitrogens with zero attached hydrogens (tertiary/aromatic N) is 1. The number of aromatic amines is 1. The molecular formula is C45H50N2. The first-order chi connectivity index (χ1) is 22.2. The summed E-state index contributed by atoms with van der Waals surface area (Å²) in [7, 11) is 0. The summed E-state index contributed by atoms with van der Waals surface area (Å²) in [5.41, 5.74) is 18.4. The summed E-state index contributed by atoms with van der Waals surface area (Å²) in [4.78, 5) is 9.23. The van der Waals surface area contributed by atoms with Gasteiger partial charge >= 0.3 is 0 Å². The average molecular weight is 619 g/mol. The van der Waals surface area contributed by atoms with E-state index in [9.17, 15) is 0 Å². The van der Waals surface area contributed by atoms with Crippen LogP contribution in [0.3, 0.4) is 0 Å². The minimum Gasteiger partial charge on any atom is -0.358 e. The van der Waals surface area contributed by atoms with E-state index in [2.05, 4.69) is 171 Å². The van der Waals surface area contributed by atoms with E-state index in [0.29, 0.717) is 5.92 Å². The molecule has 1 aliphatic heterocycles. The van der Waals surface area contributed by atoms with Crippen LogP contribution in [0.4, 0.5) is 0 Å². The van der Waals surface area contributed by atoms with Crippen LogP contribution in [0.25, 0.3) is 22.8 Å². The molecule has 1 unspecified atom stereocenters. The maximum atomic E-state index is 5.34. The Morgan fingerprint density at radius 3 is 1.91 bits per heavy atom. The van der Waals surface area contributed by atoms with Crippen molar-refractivity contribution in [3.05, 3.63) is 153 Å². The smallest absolute Gasteiger partial charge is 0.0737 e. The zero-order chi connectivity index (χ0) is 33.7. The molecule has 47 heavy (non-hydrogen) atoms. The number of hydrogen-bond acceptors (Lipinski definition) is 1. The summed E-state index contributed by atoms with van der Waals surface area (Å²) in [6.45, 7) is 22.4. The molecule has 2 heterocycles. The van der Waals surface area contributed by atoms with Crippen molar-refractivity contribution in [1.82, 2.24) is 4.98 Å². The molecule has 1 atom stereocenters. The van der Waals surface area contributed by atoms with Crippen molar-refractivity contribution in [3.8, 4) is 11.1 Å². The highest BCUT2D eigenvalue weighted by Crippen LogP contribution is 2.40. The Bertz CT molecular complexity index is 1990. The number of allylic oxidation sites excluding steroid dienone is 6. The number of nitrogens with one attached hydrogen (secondary N) is 1. The van der Waals surface area contributed by atoms with Gasteiger partial charge in [0.05, 0.1) is 11.4 Å². The SMILES string of the molecule is Cc1ccc(C2=CC(c3ccc(C(C)(C)C)cc3)=N/C2=C\c2[nH]c(C3C=CC(C(C)(C)C)=CC3)cc2-c2ccc(C)cc2C)c(C)c1. The van der Waals surface area contributed by atoms with E-state index in [-0.39, 0.29) is 10.8 Å². The van der Waals surface area contributed by atoms with Gasteiger partial charge < -0.3 is 4.98 Å². The van der Waals surface area contributed by atoms with Gasteiger partial charge in [-0.3, -0.25) is 0 Å². The second-order valence-corrected chi connectivity index (χ2v) is 15.7. The third-order valence-electron chi connectivity index (χ3n) is 9.70. The lowest BCUT2D eigenvalue weighted by Crippen LogP contribution is -2.11. The van der Waals surface area contributed by atoms with E-state index < -0.39 is 0 Å². The molecule has 2 aliphatic rings. The van der Waals surface area contributed by atoms with Gasteiger partial charge in [-0.05, 0) is 96.6 Å². The molecule has 1 N–H and O–H groups in total. The molecule has 0 saturated carbocycles. The van der Waals surface area contributed by atoms with Gasteiger partial charge in [0.1, 0.15) is 0 Å². The number of rotatable bonds is 5. The Balaban J connectivity index is 1.49. The van der Waals surface area contributed by atoms with Gasteiger partial charge in [0, 0.05) is 34.0 Å². The number of H-pyrrole nitrogens is 1. The Labute approximate surface area is 282 Å². The minimum atomic E-state index is 0.106. The zero-order valence-corrected chi connectivity index (χ0v) is 30.0. The summed E-state index contributed by atoms with van der Waals surface area (Å²) in [6.07, 6.45) is 12.7. The molecular weight excluding hydrogens is 569 g/mol. The van der Waals surface area contributed by atoms with Crippen molar-refractivity contribution in [2.45, 2.75) is 87.0 Å².